The van der Waals surface area contributed by atoms with Crippen molar-refractivity contribution in [2.45, 2.75) is 33.6 Å². The molecule has 0 saturated carbocycles. The van der Waals surface area contributed by atoms with Crippen LogP contribution in [0.3, 0.4) is 0 Å². The number of carbonyl (C=O) groups excluding carboxylic acids is 2. The third-order valence-electron chi connectivity index (χ3n) is 2.65. The maximum absolute atomic E-state index is 11.9. The Kier molecular flexibility index (Phi) is 8.45. The van der Waals surface area contributed by atoms with E-state index in [9.17, 15) is 14.4 Å². The minimum atomic E-state index is -1.07. The zero-order valence-electron chi connectivity index (χ0n) is 11.1. The van der Waals surface area contributed by atoms with Crippen molar-refractivity contribution in [3.8, 4) is 0 Å². The Morgan fingerprint density at radius 1 is 1.33 bits per heavy atom. The molecule has 0 aromatic carbocycles. The van der Waals surface area contributed by atoms with Crippen molar-refractivity contribution in [3.05, 3.63) is 0 Å². The van der Waals surface area contributed by atoms with Crippen molar-refractivity contribution >= 4 is 28.8 Å². The normalized spacial score (nSPS) is 13.7. The molecule has 1 amide bonds. The minimum absolute atomic E-state index is 0.0327. The van der Waals surface area contributed by atoms with Gasteiger partial charge in [-0.05, 0) is 5.92 Å². The number of aliphatic carboxylic acids is 1. The number of hydrogen-bond acceptors (Lipinski definition) is 4. The van der Waals surface area contributed by atoms with Gasteiger partial charge in [-0.15, -0.1) is 0 Å². The molecule has 0 aliphatic carbocycles. The summed E-state index contributed by atoms with van der Waals surface area (Å²) in [6, 6.07) is 0. The number of amides is 1. The van der Waals surface area contributed by atoms with Crippen molar-refractivity contribution in [3.63, 3.8) is 0 Å². The average Bonchev–Trinajstić information content (AvgIpc) is 2.26. The molecule has 0 spiro atoms. The predicted octanol–water partition coefficient (Wildman–Crippen LogP) is 1.52. The molecule has 0 rings (SSSR count). The van der Waals surface area contributed by atoms with Crippen molar-refractivity contribution < 1.29 is 19.5 Å². The van der Waals surface area contributed by atoms with E-state index in [0.717, 1.165) is 24.6 Å². The van der Waals surface area contributed by atoms with Crippen LogP contribution < -0.4 is 5.32 Å². The highest BCUT2D eigenvalue weighted by Gasteiger charge is 2.25. The third kappa shape index (κ3) is 7.32. The number of rotatable bonds is 8. The van der Waals surface area contributed by atoms with Gasteiger partial charge < -0.3 is 10.4 Å². The topological polar surface area (TPSA) is 83.5 Å². The van der Waals surface area contributed by atoms with Gasteiger partial charge in [0.25, 0.3) is 0 Å². The highest BCUT2D eigenvalue weighted by Crippen LogP contribution is 2.22. The van der Waals surface area contributed by atoms with Gasteiger partial charge in [0.2, 0.25) is 5.91 Å². The quantitative estimate of drug-likeness (QED) is 0.701. The number of thioether (sulfide) groups is 1. The Labute approximate surface area is 112 Å². The van der Waals surface area contributed by atoms with Gasteiger partial charge in [0.1, 0.15) is 6.54 Å². The van der Waals surface area contributed by atoms with Crippen LogP contribution in [-0.4, -0.2) is 34.4 Å². The molecule has 18 heavy (non-hydrogen) atoms. The summed E-state index contributed by atoms with van der Waals surface area (Å²) in [4.78, 5) is 33.2. The number of carboxylic acids is 1. The summed E-state index contributed by atoms with van der Waals surface area (Å²) >= 11 is 1.11. The molecule has 0 saturated heterocycles. The van der Waals surface area contributed by atoms with Crippen LogP contribution in [0.1, 0.15) is 33.6 Å². The number of carbonyl (C=O) groups is 3. The van der Waals surface area contributed by atoms with Crippen molar-refractivity contribution in [2.75, 3.05) is 12.3 Å². The maximum atomic E-state index is 11.9. The van der Waals surface area contributed by atoms with Crippen molar-refractivity contribution in [1.29, 1.82) is 0 Å². The van der Waals surface area contributed by atoms with E-state index in [1.54, 1.807) is 0 Å². The van der Waals surface area contributed by atoms with Crippen LogP contribution in [0.15, 0.2) is 0 Å². The highest BCUT2D eigenvalue weighted by atomic mass is 32.2. The molecule has 0 aliphatic heterocycles. The fourth-order valence-electron chi connectivity index (χ4n) is 1.66. The SMILES string of the molecule is CCCC(C)C(CSC(C)=O)C(=O)NCC(=O)O. The molecule has 0 aliphatic rings. The van der Waals surface area contributed by atoms with Gasteiger partial charge in [0, 0.05) is 18.6 Å². The lowest BCUT2D eigenvalue weighted by atomic mass is 9.91. The lowest BCUT2D eigenvalue weighted by Crippen LogP contribution is -2.38. The highest BCUT2D eigenvalue weighted by molar-refractivity contribution is 8.13. The molecule has 2 N–H and O–H groups in total. The summed E-state index contributed by atoms with van der Waals surface area (Å²) < 4.78 is 0. The third-order valence-corrected chi connectivity index (χ3v) is 3.58. The summed E-state index contributed by atoms with van der Waals surface area (Å²) in [6.45, 7) is 5.07. The molecular weight excluding hydrogens is 254 g/mol. The molecule has 2 atom stereocenters. The van der Waals surface area contributed by atoms with Crippen LogP contribution in [0, 0.1) is 11.8 Å². The molecule has 0 aromatic heterocycles. The summed E-state index contributed by atoms with van der Waals surface area (Å²) in [5, 5.41) is 10.9. The minimum Gasteiger partial charge on any atom is -0.480 e. The first-order chi connectivity index (χ1) is 8.38. The summed E-state index contributed by atoms with van der Waals surface area (Å²) in [5.41, 5.74) is 0. The summed E-state index contributed by atoms with van der Waals surface area (Å²) in [5.74, 6) is -1.13. The van der Waals surface area contributed by atoms with Gasteiger partial charge in [0.05, 0.1) is 0 Å². The van der Waals surface area contributed by atoms with Crippen LogP contribution in [0.2, 0.25) is 0 Å². The van der Waals surface area contributed by atoms with Crippen LogP contribution in [0.4, 0.5) is 0 Å². The number of nitrogens with one attached hydrogen (secondary N) is 1. The first-order valence-corrected chi connectivity index (χ1v) is 6.99. The zero-order chi connectivity index (χ0) is 14.1. The summed E-state index contributed by atoms with van der Waals surface area (Å²) in [7, 11) is 0. The molecule has 0 fully saturated rings. The Bertz CT molecular complexity index is 306. The molecule has 2 unspecified atom stereocenters. The average molecular weight is 275 g/mol. The second-order valence-electron chi connectivity index (χ2n) is 4.29. The van der Waals surface area contributed by atoms with Crippen LogP contribution in [0.25, 0.3) is 0 Å². The Morgan fingerprint density at radius 3 is 2.39 bits per heavy atom. The zero-order valence-corrected chi connectivity index (χ0v) is 11.9. The lowest BCUT2D eigenvalue weighted by molar-refractivity contribution is -0.138. The second-order valence-corrected chi connectivity index (χ2v) is 5.48. The van der Waals surface area contributed by atoms with Crippen molar-refractivity contribution in [1.82, 2.24) is 5.32 Å². The van der Waals surface area contributed by atoms with Crippen LogP contribution in [-0.2, 0) is 14.4 Å². The van der Waals surface area contributed by atoms with E-state index in [2.05, 4.69) is 5.32 Å². The van der Waals surface area contributed by atoms with Gasteiger partial charge in [0.15, 0.2) is 5.12 Å². The molecule has 104 valence electrons. The molecule has 0 bridgehead atoms. The standard InChI is InChI=1S/C12H21NO4S/c1-4-5-8(2)10(7-18-9(3)14)12(17)13-6-11(15)16/h8,10H,4-7H2,1-3H3,(H,13,17)(H,15,16). The van der Waals surface area contributed by atoms with Crippen molar-refractivity contribution in [2.24, 2.45) is 11.8 Å². The van der Waals surface area contributed by atoms with E-state index in [4.69, 9.17) is 5.11 Å². The molecule has 0 radical (unpaired) electrons. The second kappa shape index (κ2) is 8.97. The maximum Gasteiger partial charge on any atom is 0.322 e. The van der Waals surface area contributed by atoms with Gasteiger partial charge in [-0.2, -0.15) is 0 Å². The number of hydrogen-bond donors (Lipinski definition) is 2. The van der Waals surface area contributed by atoms with Crippen LogP contribution >= 0.6 is 11.8 Å². The Morgan fingerprint density at radius 2 is 1.94 bits per heavy atom. The first-order valence-electron chi connectivity index (χ1n) is 6.01. The monoisotopic (exact) mass is 275 g/mol. The Balaban J connectivity index is 4.47. The van der Waals surface area contributed by atoms with Crippen LogP contribution in [0.5, 0.6) is 0 Å². The van der Waals surface area contributed by atoms with E-state index in [-0.39, 0.29) is 29.4 Å². The van der Waals surface area contributed by atoms with Gasteiger partial charge in [-0.25, -0.2) is 0 Å². The largest absolute Gasteiger partial charge is 0.480 e. The number of carboxylic acid groups (broad SMARTS) is 1. The smallest absolute Gasteiger partial charge is 0.322 e. The predicted molar refractivity (Wildman–Crippen MR) is 71.3 cm³/mol. The van der Waals surface area contributed by atoms with E-state index < -0.39 is 5.97 Å². The van der Waals surface area contributed by atoms with E-state index in [0.29, 0.717) is 5.75 Å². The van der Waals surface area contributed by atoms with E-state index >= 15 is 0 Å². The molecule has 5 nitrogen and oxygen atoms in total. The van der Waals surface area contributed by atoms with Gasteiger partial charge in [-0.3, -0.25) is 14.4 Å². The molecular formula is C12H21NO4S. The first kappa shape index (κ1) is 17.0. The van der Waals surface area contributed by atoms with E-state index in [1.807, 2.05) is 13.8 Å². The van der Waals surface area contributed by atoms with Gasteiger partial charge >= 0.3 is 5.97 Å². The molecule has 0 heterocycles. The fourth-order valence-corrected chi connectivity index (χ4v) is 2.55. The van der Waals surface area contributed by atoms with Gasteiger partial charge in [-0.1, -0.05) is 38.5 Å². The lowest BCUT2D eigenvalue weighted by Gasteiger charge is -2.21. The Hall–Kier alpha value is -1.04. The molecule has 0 aromatic rings. The fraction of sp³-hybridized carbons (Fsp3) is 0.750. The van der Waals surface area contributed by atoms with E-state index in [1.165, 1.54) is 6.92 Å². The molecule has 6 heteroatoms. The summed E-state index contributed by atoms with van der Waals surface area (Å²) in [6.07, 6.45) is 1.83.